The summed E-state index contributed by atoms with van der Waals surface area (Å²) in [6.45, 7) is 3.58. The quantitative estimate of drug-likeness (QED) is 0.0985. The highest BCUT2D eigenvalue weighted by molar-refractivity contribution is 7.91. The Hall–Kier alpha value is -5.60. The zero-order valence-electron chi connectivity index (χ0n) is 27.5. The number of anilines is 4. The van der Waals surface area contributed by atoms with E-state index in [1.54, 1.807) is 45.2 Å². The van der Waals surface area contributed by atoms with Crippen molar-refractivity contribution in [1.82, 2.24) is 9.97 Å². The molecule has 0 aliphatic heterocycles. The molecule has 5 rings (SSSR count). The molecule has 4 aromatic carbocycles. The van der Waals surface area contributed by atoms with Crippen molar-refractivity contribution < 1.29 is 21.6 Å². The number of aromatic nitrogens is 2. The van der Waals surface area contributed by atoms with Crippen molar-refractivity contribution in [3.63, 3.8) is 0 Å². The maximum atomic E-state index is 12.0. The number of sulfone groups is 2. The summed E-state index contributed by atoms with van der Waals surface area (Å²) in [5.74, 6) is 1.43. The van der Waals surface area contributed by atoms with Gasteiger partial charge in [-0.25, -0.2) is 16.8 Å². The van der Waals surface area contributed by atoms with E-state index in [2.05, 4.69) is 26.4 Å². The Morgan fingerprint density at radius 2 is 1.08 bits per heavy atom. The van der Waals surface area contributed by atoms with Crippen LogP contribution in [0.1, 0.15) is 25.0 Å². The van der Waals surface area contributed by atoms with Gasteiger partial charge in [0.1, 0.15) is 5.75 Å². The van der Waals surface area contributed by atoms with Crippen molar-refractivity contribution in [1.29, 1.82) is 0 Å². The van der Waals surface area contributed by atoms with Crippen LogP contribution < -0.4 is 20.9 Å². The molecule has 1 aromatic heterocycles. The molecule has 0 bridgehead atoms. The lowest BCUT2D eigenvalue weighted by molar-refractivity contribution is 0.416. The average Bonchev–Trinajstić information content (AvgIpc) is 3.09. The fraction of sp³-hybridized carbons (Fsp3) is 0.143. The lowest BCUT2D eigenvalue weighted by Gasteiger charge is -2.18. The molecule has 0 fully saturated rings. The zero-order chi connectivity index (χ0) is 35.2. The summed E-state index contributed by atoms with van der Waals surface area (Å²) in [6.07, 6.45) is 2.32. The molecule has 1 heterocycles. The number of hydrogen-bond donors (Lipinski definition) is 3. The summed E-state index contributed by atoms with van der Waals surface area (Å²) in [4.78, 5) is 10.00. The fourth-order valence-corrected chi connectivity index (χ4v) is 5.99. The summed E-state index contributed by atoms with van der Waals surface area (Å²) in [6, 6.07) is 29.7. The van der Waals surface area contributed by atoms with Crippen molar-refractivity contribution in [2.24, 2.45) is 10.2 Å². The zero-order valence-corrected chi connectivity index (χ0v) is 29.1. The van der Waals surface area contributed by atoms with E-state index in [1.165, 1.54) is 24.3 Å². The largest absolute Gasteiger partial charge is 0.496 e. The number of hydrazone groups is 2. The van der Waals surface area contributed by atoms with Crippen LogP contribution in [-0.2, 0) is 19.7 Å². The average molecular weight is 698 g/mol. The molecule has 12 nitrogen and oxygen atoms in total. The van der Waals surface area contributed by atoms with E-state index in [-0.39, 0.29) is 15.7 Å². The summed E-state index contributed by atoms with van der Waals surface area (Å²) >= 11 is 0. The van der Waals surface area contributed by atoms with Crippen LogP contribution in [-0.4, -0.2) is 57.8 Å². The standard InChI is InChI=1S/C35H35N7O5S2/c1-23(25-15-19-28(20-16-25)48(4,43)44)39-41-33-32(30-13-9-10-14-31(30)47-3)34(38-35(37-33)36-27-11-7-6-8-12-27)42-40-24(2)26-17-21-29(22-18-26)49(5,45)46/h6-22H,1-5H3,(H3,36,37,38,41,42). The molecule has 0 atom stereocenters. The third kappa shape index (κ3) is 8.66. The van der Waals surface area contributed by atoms with Gasteiger partial charge in [0, 0.05) is 23.8 Å². The maximum Gasteiger partial charge on any atom is 0.231 e. The Kier molecular flexibility index (Phi) is 10.4. The number of nitrogens with zero attached hydrogens (tertiary/aromatic N) is 4. The Labute approximate surface area is 285 Å². The van der Waals surface area contributed by atoms with Crippen LogP contribution in [0.5, 0.6) is 5.75 Å². The maximum absolute atomic E-state index is 12.0. The van der Waals surface area contributed by atoms with Gasteiger partial charge in [0.15, 0.2) is 31.3 Å². The Morgan fingerprint density at radius 3 is 1.53 bits per heavy atom. The molecule has 14 heteroatoms. The number of benzene rings is 4. The van der Waals surface area contributed by atoms with Gasteiger partial charge in [-0.05, 0) is 67.4 Å². The first-order valence-electron chi connectivity index (χ1n) is 14.9. The van der Waals surface area contributed by atoms with E-state index < -0.39 is 19.7 Å². The van der Waals surface area contributed by atoms with Crippen molar-refractivity contribution in [2.45, 2.75) is 23.6 Å². The molecule has 0 saturated heterocycles. The molecule has 3 N–H and O–H groups in total. The van der Waals surface area contributed by atoms with Crippen LogP contribution in [0, 0.1) is 0 Å². The number of para-hydroxylation sites is 2. The van der Waals surface area contributed by atoms with Crippen molar-refractivity contribution in [3.8, 4) is 16.9 Å². The highest BCUT2D eigenvalue weighted by Gasteiger charge is 2.20. The van der Waals surface area contributed by atoms with Gasteiger partial charge in [0.05, 0.1) is 33.9 Å². The van der Waals surface area contributed by atoms with Gasteiger partial charge in [-0.15, -0.1) is 0 Å². The van der Waals surface area contributed by atoms with Gasteiger partial charge in [-0.1, -0.05) is 60.7 Å². The van der Waals surface area contributed by atoms with Gasteiger partial charge in [0.2, 0.25) is 5.95 Å². The predicted octanol–water partition coefficient (Wildman–Crippen LogP) is 6.38. The number of ether oxygens (including phenoxy) is 1. The van der Waals surface area contributed by atoms with Crippen LogP contribution in [0.15, 0.2) is 123 Å². The molecule has 49 heavy (non-hydrogen) atoms. The molecule has 0 aliphatic carbocycles. The van der Waals surface area contributed by atoms with Crippen LogP contribution >= 0.6 is 0 Å². The second kappa shape index (κ2) is 14.7. The first-order valence-corrected chi connectivity index (χ1v) is 18.7. The summed E-state index contributed by atoms with van der Waals surface area (Å²) in [5.41, 5.74) is 10.6. The molecular formula is C35H35N7O5S2. The monoisotopic (exact) mass is 697 g/mol. The third-order valence-electron chi connectivity index (χ3n) is 7.37. The number of nitrogens with one attached hydrogen (secondary N) is 3. The van der Waals surface area contributed by atoms with Crippen LogP contribution in [0.2, 0.25) is 0 Å². The van der Waals surface area contributed by atoms with Gasteiger partial charge >= 0.3 is 0 Å². The minimum atomic E-state index is -3.35. The van der Waals surface area contributed by atoms with Gasteiger partial charge < -0.3 is 10.1 Å². The van der Waals surface area contributed by atoms with Crippen LogP contribution in [0.3, 0.4) is 0 Å². The smallest absolute Gasteiger partial charge is 0.231 e. The molecule has 0 amide bonds. The summed E-state index contributed by atoms with van der Waals surface area (Å²) in [7, 11) is -5.13. The van der Waals surface area contributed by atoms with E-state index in [4.69, 9.17) is 14.7 Å². The topological polar surface area (TPSA) is 164 Å². The van der Waals surface area contributed by atoms with Crippen LogP contribution in [0.4, 0.5) is 23.3 Å². The fourth-order valence-electron chi connectivity index (χ4n) is 4.72. The highest BCUT2D eigenvalue weighted by atomic mass is 32.2. The van der Waals surface area contributed by atoms with E-state index in [1.807, 2.05) is 54.6 Å². The molecule has 0 unspecified atom stereocenters. The normalized spacial score (nSPS) is 12.3. The Bertz CT molecular complexity index is 2130. The minimum absolute atomic E-state index is 0.209. The first kappa shape index (κ1) is 34.7. The number of hydrogen-bond acceptors (Lipinski definition) is 12. The Morgan fingerprint density at radius 1 is 0.633 bits per heavy atom. The molecule has 0 saturated carbocycles. The number of rotatable bonds is 12. The molecule has 0 aliphatic rings. The van der Waals surface area contributed by atoms with Gasteiger partial charge in [-0.2, -0.15) is 20.2 Å². The molecule has 0 radical (unpaired) electrons. The molecule has 252 valence electrons. The van der Waals surface area contributed by atoms with E-state index in [0.717, 1.165) is 18.2 Å². The molecule has 0 spiro atoms. The summed E-state index contributed by atoms with van der Waals surface area (Å²) < 4.78 is 53.5. The van der Waals surface area contributed by atoms with Gasteiger partial charge in [-0.3, -0.25) is 10.9 Å². The lowest BCUT2D eigenvalue weighted by Crippen LogP contribution is -2.10. The lowest BCUT2D eigenvalue weighted by atomic mass is 10.1. The Balaban J connectivity index is 1.62. The molecular weight excluding hydrogens is 663 g/mol. The van der Waals surface area contributed by atoms with Crippen LogP contribution in [0.25, 0.3) is 11.1 Å². The van der Waals surface area contributed by atoms with Crippen molar-refractivity contribution in [2.75, 3.05) is 35.8 Å². The number of methoxy groups -OCH3 is 1. The predicted molar refractivity (Wildman–Crippen MR) is 195 cm³/mol. The molecule has 5 aromatic rings. The third-order valence-corrected chi connectivity index (χ3v) is 9.63. The van der Waals surface area contributed by atoms with E-state index in [9.17, 15) is 16.8 Å². The minimum Gasteiger partial charge on any atom is -0.496 e. The van der Waals surface area contributed by atoms with Crippen molar-refractivity contribution >= 4 is 54.4 Å². The summed E-state index contributed by atoms with van der Waals surface area (Å²) in [5, 5.41) is 12.4. The van der Waals surface area contributed by atoms with E-state index >= 15 is 0 Å². The SMILES string of the molecule is COc1ccccc1-c1c(NN=C(C)c2ccc(S(C)(=O)=O)cc2)nc(Nc2ccccc2)nc1NN=C(C)c1ccc(S(C)(=O)=O)cc1. The first-order chi connectivity index (χ1) is 23.3. The van der Waals surface area contributed by atoms with E-state index in [0.29, 0.717) is 51.1 Å². The second-order valence-electron chi connectivity index (χ2n) is 11.0. The highest BCUT2D eigenvalue weighted by Crippen LogP contribution is 2.40. The van der Waals surface area contributed by atoms with Gasteiger partial charge in [0.25, 0.3) is 0 Å². The van der Waals surface area contributed by atoms with Crippen molar-refractivity contribution in [3.05, 3.63) is 114 Å². The second-order valence-corrected chi connectivity index (χ2v) is 15.1.